The van der Waals surface area contributed by atoms with Crippen LogP contribution >= 0.6 is 0 Å². The van der Waals surface area contributed by atoms with Crippen LogP contribution in [0.4, 0.5) is 15.8 Å². The summed E-state index contributed by atoms with van der Waals surface area (Å²) in [5.41, 5.74) is 3.37. The van der Waals surface area contributed by atoms with E-state index in [2.05, 4.69) is 10.6 Å². The molecule has 0 atom stereocenters. The monoisotopic (exact) mass is 782 g/mol. The van der Waals surface area contributed by atoms with Crippen molar-refractivity contribution in [3.05, 3.63) is 132 Å². The first-order valence-corrected chi connectivity index (χ1v) is 20.5. The molecule has 4 aromatic rings. The molecule has 10 nitrogen and oxygen atoms in total. The third-order valence-corrected chi connectivity index (χ3v) is 11.6. The number of aryl methyl sites for hydroxylation is 1. The quantitative estimate of drug-likeness (QED) is 0.186. The number of amides is 4. The Kier molecular flexibility index (Phi) is 12.5. The van der Waals surface area contributed by atoms with E-state index in [-0.39, 0.29) is 42.5 Å². The molecular formula is C47H51FN6O4. The highest BCUT2D eigenvalue weighted by atomic mass is 19.1. The lowest BCUT2D eigenvalue weighted by atomic mass is 10.00. The van der Waals surface area contributed by atoms with Crippen LogP contribution < -0.4 is 10.6 Å². The Hall–Kier alpha value is -5.97. The van der Waals surface area contributed by atoms with Crippen LogP contribution in [0.15, 0.2) is 119 Å². The van der Waals surface area contributed by atoms with Crippen molar-refractivity contribution in [2.75, 3.05) is 23.7 Å². The third-order valence-electron chi connectivity index (χ3n) is 11.6. The van der Waals surface area contributed by atoms with E-state index in [1.807, 2.05) is 91.9 Å². The van der Waals surface area contributed by atoms with Gasteiger partial charge in [-0.1, -0.05) is 92.4 Å². The lowest BCUT2D eigenvalue weighted by molar-refractivity contribution is -0.133. The van der Waals surface area contributed by atoms with Gasteiger partial charge in [-0.25, -0.2) is 4.39 Å². The molecular weight excluding hydrogens is 732 g/mol. The fourth-order valence-electron chi connectivity index (χ4n) is 8.55. The second-order valence-corrected chi connectivity index (χ2v) is 15.6. The molecule has 4 aromatic carbocycles. The Balaban J connectivity index is 0.000000177. The summed E-state index contributed by atoms with van der Waals surface area (Å²) in [5, 5.41) is 5.82. The van der Waals surface area contributed by atoms with Gasteiger partial charge in [0.1, 0.15) is 41.7 Å². The number of carbonyl (C=O) groups excluding carboxylic acids is 4. The number of aliphatic imine (C=N–C) groups is 2. The molecule has 11 heteroatoms. The summed E-state index contributed by atoms with van der Waals surface area (Å²) in [5.74, 6) is -1.19. The Bertz CT molecular complexity index is 2160. The van der Waals surface area contributed by atoms with Crippen LogP contribution in [0.25, 0.3) is 0 Å². The second-order valence-electron chi connectivity index (χ2n) is 15.6. The maximum atomic E-state index is 13.4. The minimum absolute atomic E-state index is 0.0214. The molecule has 8 rings (SSSR count). The maximum Gasteiger partial charge on any atom is 0.275 e. The van der Waals surface area contributed by atoms with Gasteiger partial charge < -0.3 is 20.4 Å². The van der Waals surface area contributed by atoms with Crippen LogP contribution in [0.1, 0.15) is 93.7 Å². The molecule has 2 aliphatic carbocycles. The standard InChI is InChI=1S/C24H26FN3O2.C23H25N3O2/c1-17-8-4-5-9-20(17)26-21(29)16-28-23(30)22(18-10-12-19(25)13-11-18)27-24(28)14-6-2-3-7-15-24;27-20(24-19-13-7-4-8-14-19)17-26-22(28)21(18-11-5-3-6-12-18)25-23(26)15-9-1-2-10-16-23/h4-5,8-13H,2-3,6-7,14-16H2,1H3,(H,26,29);3-8,11-14H,1-2,9-10,15-17H2,(H,24,27). The van der Waals surface area contributed by atoms with Crippen LogP contribution in [0, 0.1) is 12.7 Å². The Morgan fingerprint density at radius 1 is 0.569 bits per heavy atom. The molecule has 0 saturated heterocycles. The van der Waals surface area contributed by atoms with Crippen molar-refractivity contribution in [2.45, 2.75) is 95.3 Å². The van der Waals surface area contributed by atoms with Gasteiger partial charge in [-0.3, -0.25) is 29.2 Å². The van der Waals surface area contributed by atoms with E-state index in [1.54, 1.807) is 21.9 Å². The number of nitrogens with one attached hydrogen (secondary N) is 2. The van der Waals surface area contributed by atoms with Gasteiger partial charge in [0.2, 0.25) is 11.8 Å². The molecule has 0 unspecified atom stereocenters. The zero-order valence-corrected chi connectivity index (χ0v) is 33.1. The summed E-state index contributed by atoms with van der Waals surface area (Å²) in [6.45, 7) is 1.90. The van der Waals surface area contributed by atoms with Gasteiger partial charge in [-0.2, -0.15) is 0 Å². The summed E-state index contributed by atoms with van der Waals surface area (Å²) in [7, 11) is 0. The highest BCUT2D eigenvalue weighted by Crippen LogP contribution is 2.40. The van der Waals surface area contributed by atoms with Gasteiger partial charge in [-0.05, 0) is 106 Å². The van der Waals surface area contributed by atoms with E-state index >= 15 is 0 Å². The zero-order valence-electron chi connectivity index (χ0n) is 33.1. The summed E-state index contributed by atoms with van der Waals surface area (Å²) in [6, 6.07) is 32.3. The van der Waals surface area contributed by atoms with Gasteiger partial charge in [-0.15, -0.1) is 0 Å². The average Bonchev–Trinajstić information content (AvgIpc) is 3.42. The predicted molar refractivity (Wildman–Crippen MR) is 225 cm³/mol. The number of anilines is 2. The molecule has 2 heterocycles. The molecule has 0 aromatic heterocycles. The van der Waals surface area contributed by atoms with Gasteiger partial charge in [0, 0.05) is 22.5 Å². The van der Waals surface area contributed by atoms with E-state index in [0.717, 1.165) is 99.6 Å². The van der Waals surface area contributed by atoms with Crippen molar-refractivity contribution in [1.29, 1.82) is 0 Å². The lowest BCUT2D eigenvalue weighted by Crippen LogP contribution is -2.50. The SMILES string of the molecule is Cc1ccccc1NC(=O)CN1C(=O)C(c2ccc(F)cc2)=NC12CCCCCC2.O=C(CN1C(=O)C(c2ccccc2)=NC12CCCCCC2)Nc1ccccc1. The second kappa shape index (κ2) is 18.1. The smallest absolute Gasteiger partial charge is 0.275 e. The maximum absolute atomic E-state index is 13.4. The summed E-state index contributed by atoms with van der Waals surface area (Å²) < 4.78 is 13.4. The fourth-order valence-corrected chi connectivity index (χ4v) is 8.55. The van der Waals surface area contributed by atoms with E-state index in [1.165, 1.54) is 12.1 Å². The van der Waals surface area contributed by atoms with Crippen molar-refractivity contribution in [2.24, 2.45) is 9.98 Å². The van der Waals surface area contributed by atoms with Crippen molar-refractivity contribution in [3.8, 4) is 0 Å². The number of benzene rings is 4. The first-order chi connectivity index (χ1) is 28.2. The van der Waals surface area contributed by atoms with Crippen LogP contribution in [0.3, 0.4) is 0 Å². The van der Waals surface area contributed by atoms with Crippen LogP contribution in [0.2, 0.25) is 0 Å². The van der Waals surface area contributed by atoms with Gasteiger partial charge in [0.05, 0.1) is 0 Å². The molecule has 300 valence electrons. The Morgan fingerprint density at radius 2 is 1.00 bits per heavy atom. The van der Waals surface area contributed by atoms with E-state index in [0.29, 0.717) is 17.0 Å². The molecule has 4 aliphatic rings. The highest BCUT2D eigenvalue weighted by molar-refractivity contribution is 6.47. The number of carbonyl (C=O) groups is 4. The van der Waals surface area contributed by atoms with Crippen LogP contribution in [0.5, 0.6) is 0 Å². The first kappa shape index (κ1) is 40.2. The Morgan fingerprint density at radius 3 is 1.50 bits per heavy atom. The zero-order chi connectivity index (χ0) is 40.5. The number of rotatable bonds is 8. The van der Waals surface area contributed by atoms with Crippen molar-refractivity contribution in [1.82, 2.24) is 9.80 Å². The molecule has 2 saturated carbocycles. The molecule has 2 fully saturated rings. The van der Waals surface area contributed by atoms with Crippen molar-refractivity contribution in [3.63, 3.8) is 0 Å². The normalized spacial score (nSPS) is 18.4. The minimum Gasteiger partial charge on any atom is -0.325 e. The lowest BCUT2D eigenvalue weighted by Gasteiger charge is -2.35. The average molecular weight is 783 g/mol. The van der Waals surface area contributed by atoms with Gasteiger partial charge >= 0.3 is 0 Å². The Labute approximate surface area is 339 Å². The number of hydrogen-bond donors (Lipinski definition) is 2. The predicted octanol–water partition coefficient (Wildman–Crippen LogP) is 8.46. The van der Waals surface area contributed by atoms with Crippen LogP contribution in [-0.4, -0.2) is 69.3 Å². The molecule has 2 aliphatic heterocycles. The number of nitrogens with zero attached hydrogens (tertiary/aromatic N) is 4. The number of halogens is 1. The van der Waals surface area contributed by atoms with Crippen LogP contribution in [-0.2, 0) is 19.2 Å². The molecule has 4 amide bonds. The fraction of sp³-hybridized carbons (Fsp3) is 0.362. The van der Waals surface area contributed by atoms with Crippen molar-refractivity contribution < 1.29 is 23.6 Å². The topological polar surface area (TPSA) is 124 Å². The van der Waals surface area contributed by atoms with E-state index in [9.17, 15) is 23.6 Å². The largest absolute Gasteiger partial charge is 0.325 e. The van der Waals surface area contributed by atoms with Gasteiger partial charge in [0.25, 0.3) is 11.8 Å². The number of hydrogen-bond acceptors (Lipinski definition) is 6. The summed E-state index contributed by atoms with van der Waals surface area (Å²) >= 11 is 0. The highest BCUT2D eigenvalue weighted by Gasteiger charge is 2.49. The molecule has 2 N–H and O–H groups in total. The van der Waals surface area contributed by atoms with Crippen molar-refractivity contribution >= 4 is 46.4 Å². The molecule has 0 radical (unpaired) electrons. The summed E-state index contributed by atoms with van der Waals surface area (Å²) in [6.07, 6.45) is 11.6. The van der Waals surface area contributed by atoms with E-state index < -0.39 is 11.3 Å². The molecule has 58 heavy (non-hydrogen) atoms. The third kappa shape index (κ3) is 9.09. The molecule has 2 spiro atoms. The summed E-state index contributed by atoms with van der Waals surface area (Å²) in [4.78, 5) is 65.4. The van der Waals surface area contributed by atoms with E-state index in [4.69, 9.17) is 9.98 Å². The first-order valence-electron chi connectivity index (χ1n) is 20.5. The number of para-hydroxylation sites is 2. The van der Waals surface area contributed by atoms with Gasteiger partial charge in [0.15, 0.2) is 0 Å². The molecule has 0 bridgehead atoms. The minimum atomic E-state index is -0.694.